The molecule has 0 aliphatic carbocycles. The zero-order valence-corrected chi connectivity index (χ0v) is 21.6. The third-order valence-corrected chi connectivity index (χ3v) is 6.86. The first-order chi connectivity index (χ1) is 17.3. The predicted molar refractivity (Wildman–Crippen MR) is 157 cm³/mol. The van der Waals surface area contributed by atoms with Gasteiger partial charge >= 0.3 is 0 Å². The summed E-state index contributed by atoms with van der Waals surface area (Å²) in [5.74, 6) is 0. The van der Waals surface area contributed by atoms with E-state index >= 15 is 0 Å². The van der Waals surface area contributed by atoms with Crippen molar-refractivity contribution in [1.82, 2.24) is 0 Å². The van der Waals surface area contributed by atoms with Gasteiger partial charge in [0.1, 0.15) is 0 Å². The van der Waals surface area contributed by atoms with Crippen LogP contribution in [0.2, 0.25) is 0 Å². The largest absolute Gasteiger partial charge is 0.0683 e. The molecule has 0 fully saturated rings. The lowest BCUT2D eigenvalue weighted by Crippen LogP contribution is -1.91. The Morgan fingerprint density at radius 3 is 1.34 bits per heavy atom. The molecule has 0 aliphatic rings. The first-order valence-corrected chi connectivity index (χ1v) is 12.9. The van der Waals surface area contributed by atoms with Gasteiger partial charge in [0.05, 0.1) is 0 Å². The van der Waals surface area contributed by atoms with Crippen molar-refractivity contribution in [2.24, 2.45) is 0 Å². The van der Waals surface area contributed by atoms with Crippen molar-refractivity contribution in [2.75, 3.05) is 0 Å². The Morgan fingerprint density at radius 1 is 0.371 bits per heavy atom. The Bertz CT molecular complexity index is 1580. The fraction of sp³-hybridized carbons (Fsp3) is 0.0588. The topological polar surface area (TPSA) is 0 Å². The second kappa shape index (κ2) is 10.3. The molecule has 0 unspecified atom stereocenters. The lowest BCUT2D eigenvalue weighted by Gasteiger charge is -2.18. The molecule has 0 bridgehead atoms. The third-order valence-electron chi connectivity index (χ3n) is 6.33. The van der Waals surface area contributed by atoms with E-state index in [0.29, 0.717) is 0 Å². The smallest absolute Gasteiger partial charge is 0.0175 e. The number of fused-ring (bicyclic) bond motifs is 2. The molecule has 6 aromatic rings. The van der Waals surface area contributed by atoms with E-state index < -0.39 is 0 Å². The summed E-state index contributed by atoms with van der Waals surface area (Å²) in [6.07, 6.45) is 0. The molecule has 0 aromatic heterocycles. The third kappa shape index (κ3) is 4.40. The Kier molecular flexibility index (Phi) is 6.79. The highest BCUT2D eigenvalue weighted by Crippen LogP contribution is 2.44. The van der Waals surface area contributed by atoms with Gasteiger partial charge < -0.3 is 0 Å². The van der Waals surface area contributed by atoms with Crippen molar-refractivity contribution in [3.05, 3.63) is 132 Å². The molecule has 0 amide bonds. The van der Waals surface area contributed by atoms with Crippen LogP contribution in [-0.2, 0) is 0 Å². The first kappa shape index (κ1) is 23.1. The number of hydrogen-bond donors (Lipinski definition) is 0. The average Bonchev–Trinajstić information content (AvgIpc) is 2.94. The highest BCUT2D eigenvalue weighted by atomic mass is 79.9. The maximum Gasteiger partial charge on any atom is 0.0175 e. The second-order valence-corrected chi connectivity index (χ2v) is 9.21. The molecule has 6 rings (SSSR count). The number of hydrogen-bond acceptors (Lipinski definition) is 0. The van der Waals surface area contributed by atoms with Crippen molar-refractivity contribution >= 4 is 37.5 Å². The van der Waals surface area contributed by atoms with Gasteiger partial charge in [-0.3, -0.25) is 0 Å². The SMILES string of the molecule is Brc1ccc(-c2ccc3c(-c4ccccc4)c4ccccc4c(-c4ccccc4)c3c2)cc1.CC. The molecule has 0 atom stereocenters. The van der Waals surface area contributed by atoms with Crippen molar-refractivity contribution in [2.45, 2.75) is 13.8 Å². The average molecular weight is 515 g/mol. The number of benzene rings is 6. The van der Waals surface area contributed by atoms with Crippen LogP contribution >= 0.6 is 15.9 Å². The van der Waals surface area contributed by atoms with Crippen molar-refractivity contribution in [3.63, 3.8) is 0 Å². The molecule has 0 nitrogen and oxygen atoms in total. The zero-order valence-electron chi connectivity index (χ0n) is 20.0. The van der Waals surface area contributed by atoms with E-state index in [1.165, 1.54) is 54.9 Å². The molecule has 0 N–H and O–H groups in total. The molecular formula is C34H27Br. The summed E-state index contributed by atoms with van der Waals surface area (Å²) in [6.45, 7) is 4.00. The van der Waals surface area contributed by atoms with Crippen LogP contribution in [0.4, 0.5) is 0 Å². The van der Waals surface area contributed by atoms with Gasteiger partial charge in [-0.15, -0.1) is 0 Å². The molecule has 35 heavy (non-hydrogen) atoms. The van der Waals surface area contributed by atoms with E-state index in [9.17, 15) is 0 Å². The molecule has 0 spiro atoms. The molecule has 0 radical (unpaired) electrons. The maximum atomic E-state index is 3.56. The fourth-order valence-electron chi connectivity index (χ4n) is 4.83. The quantitative estimate of drug-likeness (QED) is 0.206. The van der Waals surface area contributed by atoms with Crippen molar-refractivity contribution in [3.8, 4) is 33.4 Å². The van der Waals surface area contributed by atoms with Gasteiger partial charge in [0.15, 0.2) is 0 Å². The van der Waals surface area contributed by atoms with E-state index in [2.05, 4.69) is 143 Å². The predicted octanol–water partition coefficient (Wildman–Crippen LogP) is 10.8. The van der Waals surface area contributed by atoms with Gasteiger partial charge in [-0.2, -0.15) is 0 Å². The number of halogens is 1. The van der Waals surface area contributed by atoms with Gasteiger partial charge in [0.2, 0.25) is 0 Å². The van der Waals surface area contributed by atoms with Gasteiger partial charge in [-0.1, -0.05) is 139 Å². The van der Waals surface area contributed by atoms with Gasteiger partial charge in [0.25, 0.3) is 0 Å². The van der Waals surface area contributed by atoms with E-state index in [1.807, 2.05) is 13.8 Å². The Labute approximate surface area is 216 Å². The molecule has 170 valence electrons. The van der Waals surface area contributed by atoms with Crippen LogP contribution in [0.1, 0.15) is 13.8 Å². The summed E-state index contributed by atoms with van der Waals surface area (Å²) in [7, 11) is 0. The van der Waals surface area contributed by atoms with Gasteiger partial charge in [0, 0.05) is 4.47 Å². The maximum absolute atomic E-state index is 3.56. The van der Waals surface area contributed by atoms with E-state index in [0.717, 1.165) is 4.47 Å². The second-order valence-electron chi connectivity index (χ2n) is 8.29. The van der Waals surface area contributed by atoms with Crippen LogP contribution < -0.4 is 0 Å². The summed E-state index contributed by atoms with van der Waals surface area (Å²) in [5, 5.41) is 5.12. The van der Waals surface area contributed by atoms with Crippen molar-refractivity contribution < 1.29 is 0 Å². The Hall–Kier alpha value is -3.68. The standard InChI is InChI=1S/C32H21Br.C2H6/c33-26-18-15-22(16-19-26)25-17-20-29-30(21-25)32(24-11-5-2-6-12-24)28-14-8-7-13-27(28)31(29)23-9-3-1-4-10-23;1-2/h1-21H;1-2H3. The highest BCUT2D eigenvalue weighted by molar-refractivity contribution is 9.10. The van der Waals surface area contributed by atoms with Crippen LogP contribution in [-0.4, -0.2) is 0 Å². The molecule has 6 aromatic carbocycles. The van der Waals surface area contributed by atoms with E-state index in [-0.39, 0.29) is 0 Å². The molecular weight excluding hydrogens is 488 g/mol. The Morgan fingerprint density at radius 2 is 0.800 bits per heavy atom. The van der Waals surface area contributed by atoms with Crippen LogP contribution in [0.15, 0.2) is 132 Å². The van der Waals surface area contributed by atoms with Crippen LogP contribution in [0.3, 0.4) is 0 Å². The summed E-state index contributed by atoms with van der Waals surface area (Å²) in [4.78, 5) is 0. The zero-order chi connectivity index (χ0) is 24.2. The molecule has 0 saturated heterocycles. The van der Waals surface area contributed by atoms with Gasteiger partial charge in [-0.05, 0) is 73.1 Å². The molecule has 0 heterocycles. The minimum atomic E-state index is 1.09. The first-order valence-electron chi connectivity index (χ1n) is 12.1. The molecule has 1 heteroatoms. The van der Waals surface area contributed by atoms with Gasteiger partial charge in [-0.25, -0.2) is 0 Å². The normalized spacial score (nSPS) is 10.7. The summed E-state index contributed by atoms with van der Waals surface area (Å²) in [6, 6.07) is 45.8. The minimum absolute atomic E-state index is 1.09. The van der Waals surface area contributed by atoms with Crippen LogP contribution in [0.5, 0.6) is 0 Å². The minimum Gasteiger partial charge on any atom is -0.0683 e. The fourth-order valence-corrected chi connectivity index (χ4v) is 5.10. The van der Waals surface area contributed by atoms with E-state index in [1.54, 1.807) is 0 Å². The highest BCUT2D eigenvalue weighted by Gasteiger charge is 2.17. The lowest BCUT2D eigenvalue weighted by molar-refractivity contribution is 1.50. The number of rotatable bonds is 3. The summed E-state index contributed by atoms with van der Waals surface area (Å²) < 4.78 is 1.09. The monoisotopic (exact) mass is 514 g/mol. The molecule has 0 aliphatic heterocycles. The Balaban J connectivity index is 0.00000124. The molecule has 0 saturated carbocycles. The van der Waals surface area contributed by atoms with Crippen LogP contribution in [0.25, 0.3) is 54.9 Å². The summed E-state index contributed by atoms with van der Waals surface area (Å²) >= 11 is 3.56. The summed E-state index contributed by atoms with van der Waals surface area (Å²) in [5.41, 5.74) is 7.51. The lowest BCUT2D eigenvalue weighted by atomic mass is 9.85. The van der Waals surface area contributed by atoms with E-state index in [4.69, 9.17) is 0 Å². The van der Waals surface area contributed by atoms with Crippen LogP contribution in [0, 0.1) is 0 Å². The van der Waals surface area contributed by atoms with Crippen molar-refractivity contribution in [1.29, 1.82) is 0 Å².